The molecule has 1 N–H and O–H groups in total. The molecule has 2 atom stereocenters. The number of rotatable bonds is 7. The second kappa shape index (κ2) is 7.34. The lowest BCUT2D eigenvalue weighted by molar-refractivity contribution is 0.166. The molecule has 2 heteroatoms. The topological polar surface area (TPSA) is 21.3 Å². The van der Waals surface area contributed by atoms with Gasteiger partial charge in [0, 0.05) is 19.2 Å². The number of hydrogen-bond donors (Lipinski definition) is 1. The molecular weight excluding hydrogens is 162 g/mol. The summed E-state index contributed by atoms with van der Waals surface area (Å²) in [7, 11) is 1.75. The largest absolute Gasteiger partial charge is 0.383 e. The number of nitrogens with one attached hydrogen (secondary N) is 1. The van der Waals surface area contributed by atoms with E-state index in [-0.39, 0.29) is 0 Å². The summed E-state index contributed by atoms with van der Waals surface area (Å²) in [6, 6.07) is 1.07. The number of hydrogen-bond acceptors (Lipinski definition) is 2. The van der Waals surface area contributed by atoms with Gasteiger partial charge in [0.2, 0.25) is 0 Å². The van der Waals surface area contributed by atoms with Crippen LogP contribution in [0.25, 0.3) is 0 Å². The van der Waals surface area contributed by atoms with Gasteiger partial charge in [-0.2, -0.15) is 0 Å². The first-order valence-corrected chi connectivity index (χ1v) is 5.31. The molecule has 0 aromatic heterocycles. The summed E-state index contributed by atoms with van der Waals surface area (Å²) in [5, 5.41) is 3.51. The van der Waals surface area contributed by atoms with Crippen molar-refractivity contribution >= 4 is 0 Å². The predicted molar refractivity (Wildman–Crippen MR) is 58.0 cm³/mol. The van der Waals surface area contributed by atoms with Gasteiger partial charge in [-0.15, -0.1) is 0 Å². The van der Waals surface area contributed by atoms with Crippen LogP contribution in [0.2, 0.25) is 0 Å². The molecule has 0 aliphatic rings. The van der Waals surface area contributed by atoms with Crippen LogP contribution in [0, 0.1) is 5.92 Å². The van der Waals surface area contributed by atoms with Crippen molar-refractivity contribution in [3.8, 4) is 0 Å². The highest BCUT2D eigenvalue weighted by molar-refractivity contribution is 4.67. The van der Waals surface area contributed by atoms with Gasteiger partial charge in [-0.1, -0.05) is 13.8 Å². The summed E-state index contributed by atoms with van der Waals surface area (Å²) in [6.45, 7) is 9.74. The molecule has 0 saturated heterocycles. The molecule has 2 nitrogen and oxygen atoms in total. The third-order valence-electron chi connectivity index (χ3n) is 2.16. The van der Waals surface area contributed by atoms with Crippen molar-refractivity contribution in [1.29, 1.82) is 0 Å². The van der Waals surface area contributed by atoms with Crippen molar-refractivity contribution in [3.63, 3.8) is 0 Å². The predicted octanol–water partition coefficient (Wildman–Crippen LogP) is 2.44. The van der Waals surface area contributed by atoms with Crippen LogP contribution in [-0.2, 0) is 4.74 Å². The van der Waals surface area contributed by atoms with Crippen LogP contribution in [0.4, 0.5) is 0 Å². The molecule has 0 amide bonds. The zero-order chi connectivity index (χ0) is 10.3. The first-order valence-electron chi connectivity index (χ1n) is 5.31. The van der Waals surface area contributed by atoms with E-state index >= 15 is 0 Å². The number of methoxy groups -OCH3 is 1. The molecule has 2 unspecified atom stereocenters. The molecule has 80 valence electrons. The third kappa shape index (κ3) is 8.26. The Kier molecular flexibility index (Phi) is 7.29. The minimum atomic E-state index is 0.465. The fourth-order valence-corrected chi connectivity index (χ4v) is 1.45. The fraction of sp³-hybridized carbons (Fsp3) is 1.00. The van der Waals surface area contributed by atoms with Crippen molar-refractivity contribution < 1.29 is 4.74 Å². The highest BCUT2D eigenvalue weighted by Gasteiger charge is 2.07. The summed E-state index contributed by atoms with van der Waals surface area (Å²) in [6.07, 6.45) is 2.56. The van der Waals surface area contributed by atoms with Gasteiger partial charge in [-0.3, -0.25) is 0 Å². The van der Waals surface area contributed by atoms with Crippen LogP contribution in [0.3, 0.4) is 0 Å². The zero-order valence-electron chi connectivity index (χ0n) is 9.76. The van der Waals surface area contributed by atoms with Crippen LogP contribution < -0.4 is 5.32 Å². The van der Waals surface area contributed by atoms with Gasteiger partial charge in [0.05, 0.1) is 6.61 Å². The number of ether oxygens (including phenoxy) is 1. The molecule has 13 heavy (non-hydrogen) atoms. The van der Waals surface area contributed by atoms with E-state index < -0.39 is 0 Å². The molecular formula is C11H25NO. The summed E-state index contributed by atoms with van der Waals surface area (Å²) >= 11 is 0. The molecule has 0 aromatic rings. The van der Waals surface area contributed by atoms with Gasteiger partial charge < -0.3 is 10.1 Å². The molecule has 0 bridgehead atoms. The minimum Gasteiger partial charge on any atom is -0.383 e. The van der Waals surface area contributed by atoms with E-state index in [9.17, 15) is 0 Å². The normalized spacial score (nSPS) is 16.2. The summed E-state index contributed by atoms with van der Waals surface area (Å²) < 4.78 is 5.07. The van der Waals surface area contributed by atoms with Gasteiger partial charge in [-0.25, -0.2) is 0 Å². The van der Waals surface area contributed by atoms with E-state index in [0.29, 0.717) is 12.1 Å². The monoisotopic (exact) mass is 187 g/mol. The third-order valence-corrected chi connectivity index (χ3v) is 2.16. The Labute approximate surface area is 83.1 Å². The first kappa shape index (κ1) is 12.9. The van der Waals surface area contributed by atoms with Gasteiger partial charge in [0.25, 0.3) is 0 Å². The van der Waals surface area contributed by atoms with Crippen molar-refractivity contribution in [1.82, 2.24) is 5.32 Å². The molecule has 0 radical (unpaired) electrons. The van der Waals surface area contributed by atoms with Crippen LogP contribution in [0.5, 0.6) is 0 Å². The second-order valence-electron chi connectivity index (χ2n) is 4.40. The van der Waals surface area contributed by atoms with E-state index in [1.165, 1.54) is 12.8 Å². The summed E-state index contributed by atoms with van der Waals surface area (Å²) in [5.74, 6) is 0.807. The lowest BCUT2D eigenvalue weighted by atomic mass is 10.0. The van der Waals surface area contributed by atoms with Crippen molar-refractivity contribution in [2.45, 2.75) is 52.6 Å². The van der Waals surface area contributed by atoms with Crippen molar-refractivity contribution in [2.24, 2.45) is 5.92 Å². The van der Waals surface area contributed by atoms with Gasteiger partial charge in [0.1, 0.15) is 0 Å². The Balaban J connectivity index is 3.43. The minimum absolute atomic E-state index is 0.465. The lowest BCUT2D eigenvalue weighted by Gasteiger charge is -2.19. The molecule has 0 aliphatic heterocycles. The highest BCUT2D eigenvalue weighted by atomic mass is 16.5. The molecule has 0 saturated carbocycles. The van der Waals surface area contributed by atoms with Crippen LogP contribution >= 0.6 is 0 Å². The van der Waals surface area contributed by atoms with E-state index in [4.69, 9.17) is 4.74 Å². The van der Waals surface area contributed by atoms with Crippen molar-refractivity contribution in [2.75, 3.05) is 13.7 Å². The van der Waals surface area contributed by atoms with E-state index in [1.54, 1.807) is 7.11 Å². The Morgan fingerprint density at radius 3 is 2.08 bits per heavy atom. The highest BCUT2D eigenvalue weighted by Crippen LogP contribution is 2.06. The maximum atomic E-state index is 5.07. The van der Waals surface area contributed by atoms with Crippen molar-refractivity contribution in [3.05, 3.63) is 0 Å². The molecule has 0 fully saturated rings. The van der Waals surface area contributed by atoms with Crippen LogP contribution in [0.1, 0.15) is 40.5 Å². The quantitative estimate of drug-likeness (QED) is 0.661. The zero-order valence-corrected chi connectivity index (χ0v) is 9.76. The Morgan fingerprint density at radius 1 is 1.00 bits per heavy atom. The second-order valence-corrected chi connectivity index (χ2v) is 4.40. The van der Waals surface area contributed by atoms with E-state index in [1.807, 2.05) is 0 Å². The average Bonchev–Trinajstić information content (AvgIpc) is 2.01. The van der Waals surface area contributed by atoms with E-state index in [0.717, 1.165) is 12.5 Å². The summed E-state index contributed by atoms with van der Waals surface area (Å²) in [5.41, 5.74) is 0. The Morgan fingerprint density at radius 2 is 1.62 bits per heavy atom. The standard InChI is InChI=1S/C11H25NO/c1-9(2)6-7-10(3)12-11(4)8-13-5/h9-12H,6-8H2,1-5H3. The Bertz CT molecular complexity index is 115. The summed E-state index contributed by atoms with van der Waals surface area (Å²) in [4.78, 5) is 0. The maximum absolute atomic E-state index is 5.07. The Hall–Kier alpha value is -0.0800. The maximum Gasteiger partial charge on any atom is 0.0613 e. The molecule has 0 aliphatic carbocycles. The van der Waals surface area contributed by atoms with E-state index in [2.05, 4.69) is 33.0 Å². The lowest BCUT2D eigenvalue weighted by Crippen LogP contribution is -2.37. The first-order chi connectivity index (χ1) is 6.06. The SMILES string of the molecule is COCC(C)NC(C)CCC(C)C. The van der Waals surface area contributed by atoms with Gasteiger partial charge >= 0.3 is 0 Å². The fourth-order valence-electron chi connectivity index (χ4n) is 1.45. The van der Waals surface area contributed by atoms with Crippen LogP contribution in [0.15, 0.2) is 0 Å². The average molecular weight is 187 g/mol. The van der Waals surface area contributed by atoms with Gasteiger partial charge in [-0.05, 0) is 32.6 Å². The molecule has 0 spiro atoms. The van der Waals surface area contributed by atoms with Crippen LogP contribution in [-0.4, -0.2) is 25.8 Å². The molecule has 0 heterocycles. The smallest absolute Gasteiger partial charge is 0.0613 e. The van der Waals surface area contributed by atoms with Gasteiger partial charge in [0.15, 0.2) is 0 Å². The molecule has 0 rings (SSSR count). The molecule has 0 aromatic carbocycles.